The van der Waals surface area contributed by atoms with Crippen molar-refractivity contribution in [3.8, 4) is 0 Å². The summed E-state index contributed by atoms with van der Waals surface area (Å²) in [4.78, 5) is 14.0. The van der Waals surface area contributed by atoms with Crippen LogP contribution in [0.1, 0.15) is 20.3 Å². The Morgan fingerprint density at radius 3 is 2.67 bits per heavy atom. The van der Waals surface area contributed by atoms with Crippen molar-refractivity contribution < 1.29 is 19.4 Å². The molecule has 2 aliphatic heterocycles. The summed E-state index contributed by atoms with van der Waals surface area (Å²) in [6, 6.07) is -0.516. The molecule has 0 bridgehead atoms. The van der Waals surface area contributed by atoms with Gasteiger partial charge in [0.05, 0.1) is 6.61 Å². The molecule has 2 aliphatic rings. The fraction of sp³-hybridized carbons (Fsp3) is 0.562. The van der Waals surface area contributed by atoms with Gasteiger partial charge in [0.2, 0.25) is 0 Å². The van der Waals surface area contributed by atoms with Crippen molar-refractivity contribution in [3.05, 3.63) is 37.5 Å². The van der Waals surface area contributed by atoms with E-state index in [0.29, 0.717) is 25.1 Å². The number of aliphatic hydroxyl groups is 1. The molecule has 0 aliphatic carbocycles. The van der Waals surface area contributed by atoms with Crippen molar-refractivity contribution >= 4 is 5.91 Å². The van der Waals surface area contributed by atoms with Crippen LogP contribution in [0.4, 0.5) is 0 Å². The number of amides is 1. The number of carbonyl (C=O) groups is 1. The molecule has 1 N–H and O–H groups in total. The van der Waals surface area contributed by atoms with Gasteiger partial charge in [-0.05, 0) is 25.8 Å². The summed E-state index contributed by atoms with van der Waals surface area (Å²) in [5.41, 5.74) is -1.36. The van der Waals surface area contributed by atoms with Gasteiger partial charge in [0.25, 0.3) is 5.91 Å². The predicted octanol–water partition coefficient (Wildman–Crippen LogP) is 1.40. The van der Waals surface area contributed by atoms with Crippen LogP contribution in [-0.4, -0.2) is 52.6 Å². The molecule has 0 aromatic rings. The van der Waals surface area contributed by atoms with E-state index in [4.69, 9.17) is 9.47 Å². The van der Waals surface area contributed by atoms with Crippen molar-refractivity contribution in [2.75, 3.05) is 13.2 Å². The van der Waals surface area contributed by atoms with E-state index in [-0.39, 0.29) is 5.91 Å². The first-order valence-electron chi connectivity index (χ1n) is 7.06. The lowest BCUT2D eigenvalue weighted by Gasteiger charge is -2.55. The molecule has 0 aromatic heterocycles. The number of hydrogen-bond acceptors (Lipinski definition) is 4. The van der Waals surface area contributed by atoms with Crippen LogP contribution in [0.25, 0.3) is 0 Å². The van der Waals surface area contributed by atoms with Crippen LogP contribution in [0.5, 0.6) is 0 Å². The average Bonchev–Trinajstić information content (AvgIpc) is 2.80. The first-order chi connectivity index (χ1) is 9.78. The zero-order valence-corrected chi connectivity index (χ0v) is 12.7. The van der Waals surface area contributed by atoms with Gasteiger partial charge >= 0.3 is 0 Å². The Morgan fingerprint density at radius 2 is 2.19 bits per heavy atom. The summed E-state index contributed by atoms with van der Waals surface area (Å²) in [7, 11) is 0. The van der Waals surface area contributed by atoms with E-state index < -0.39 is 23.5 Å². The summed E-state index contributed by atoms with van der Waals surface area (Å²) < 4.78 is 11.4. The highest BCUT2D eigenvalue weighted by atomic mass is 16.7. The molecule has 2 rings (SSSR count). The van der Waals surface area contributed by atoms with Gasteiger partial charge in [0.1, 0.15) is 12.1 Å². The second-order valence-corrected chi connectivity index (χ2v) is 5.88. The van der Waals surface area contributed by atoms with Crippen LogP contribution in [0.15, 0.2) is 37.5 Å². The minimum Gasteiger partial charge on any atom is -0.374 e. The Labute approximate surface area is 125 Å². The molecular weight excluding hydrogens is 270 g/mol. The number of β-lactam (4-membered cyclic amide) rings is 1. The van der Waals surface area contributed by atoms with Crippen molar-refractivity contribution in [1.29, 1.82) is 0 Å². The van der Waals surface area contributed by atoms with Crippen molar-refractivity contribution in [2.45, 2.75) is 43.8 Å². The lowest BCUT2D eigenvalue weighted by atomic mass is 9.74. The molecule has 0 spiro atoms. The molecule has 1 amide bonds. The number of ether oxygens (including phenoxy) is 2. The minimum absolute atomic E-state index is 0.292. The molecule has 2 saturated heterocycles. The van der Waals surface area contributed by atoms with E-state index in [1.54, 1.807) is 11.0 Å². The maximum atomic E-state index is 12.4. The van der Waals surface area contributed by atoms with Crippen LogP contribution >= 0.6 is 0 Å². The normalized spacial score (nSPS) is 34.4. The van der Waals surface area contributed by atoms with Gasteiger partial charge in [0.15, 0.2) is 11.4 Å². The number of hydrogen-bond donors (Lipinski definition) is 1. The monoisotopic (exact) mass is 293 g/mol. The van der Waals surface area contributed by atoms with Crippen molar-refractivity contribution in [3.63, 3.8) is 0 Å². The quantitative estimate of drug-likeness (QED) is 0.457. The Bertz CT molecular complexity index is 485. The lowest BCUT2D eigenvalue weighted by Crippen LogP contribution is -2.78. The number of rotatable bonds is 6. The highest BCUT2D eigenvalue weighted by Gasteiger charge is 2.65. The van der Waals surface area contributed by atoms with Gasteiger partial charge in [-0.25, -0.2) is 0 Å². The first-order valence-corrected chi connectivity index (χ1v) is 7.06. The second-order valence-electron chi connectivity index (χ2n) is 5.88. The predicted molar refractivity (Wildman–Crippen MR) is 79.5 cm³/mol. The highest BCUT2D eigenvalue weighted by Crippen LogP contribution is 2.42. The Hall–Kier alpha value is -1.43. The highest BCUT2D eigenvalue weighted by molar-refractivity contribution is 5.97. The van der Waals surface area contributed by atoms with Crippen LogP contribution in [0.2, 0.25) is 0 Å². The van der Waals surface area contributed by atoms with E-state index in [9.17, 15) is 9.90 Å². The third kappa shape index (κ3) is 2.46. The van der Waals surface area contributed by atoms with E-state index >= 15 is 0 Å². The lowest BCUT2D eigenvalue weighted by molar-refractivity contribution is -0.206. The van der Waals surface area contributed by atoms with Gasteiger partial charge in [-0.1, -0.05) is 25.3 Å². The largest absolute Gasteiger partial charge is 0.374 e. The summed E-state index contributed by atoms with van der Waals surface area (Å²) in [6.45, 7) is 15.4. The first kappa shape index (κ1) is 15.9. The second kappa shape index (κ2) is 5.40. The summed E-state index contributed by atoms with van der Waals surface area (Å²) in [6.07, 6.45) is 3.40. The summed E-state index contributed by atoms with van der Waals surface area (Å²) >= 11 is 0. The molecule has 5 nitrogen and oxygen atoms in total. The summed E-state index contributed by atoms with van der Waals surface area (Å²) in [5.74, 6) is -1.09. The molecule has 2 fully saturated rings. The zero-order chi connectivity index (χ0) is 15.8. The van der Waals surface area contributed by atoms with E-state index in [1.165, 1.54) is 6.08 Å². The number of carbonyl (C=O) groups excluding carboxylic acids is 1. The van der Waals surface area contributed by atoms with Crippen molar-refractivity contribution in [1.82, 2.24) is 4.90 Å². The number of likely N-dealkylation sites (tertiary alicyclic amines) is 1. The SMILES string of the molecule is C=CCCN1C(=O)[C@@](O)(C(=C)C=C)[C@@H]1[C@H]1COC(C)(C)O1. The van der Waals surface area contributed by atoms with Gasteiger partial charge in [-0.3, -0.25) is 4.79 Å². The molecular formula is C16H23NO4. The smallest absolute Gasteiger partial charge is 0.261 e. The van der Waals surface area contributed by atoms with Gasteiger partial charge in [-0.15, -0.1) is 6.58 Å². The van der Waals surface area contributed by atoms with E-state index in [1.807, 2.05) is 13.8 Å². The van der Waals surface area contributed by atoms with Crippen LogP contribution in [-0.2, 0) is 14.3 Å². The zero-order valence-electron chi connectivity index (χ0n) is 12.7. The molecule has 0 radical (unpaired) electrons. The van der Waals surface area contributed by atoms with Gasteiger partial charge in [-0.2, -0.15) is 0 Å². The van der Waals surface area contributed by atoms with Crippen molar-refractivity contribution in [2.24, 2.45) is 0 Å². The maximum Gasteiger partial charge on any atom is 0.261 e. The Balaban J connectivity index is 2.26. The Morgan fingerprint density at radius 1 is 1.52 bits per heavy atom. The fourth-order valence-electron chi connectivity index (χ4n) is 2.93. The van der Waals surface area contributed by atoms with Crippen LogP contribution in [0.3, 0.4) is 0 Å². The van der Waals surface area contributed by atoms with Crippen LogP contribution in [0, 0.1) is 0 Å². The molecule has 2 heterocycles. The summed E-state index contributed by atoms with van der Waals surface area (Å²) in [5, 5.41) is 10.8. The maximum absolute atomic E-state index is 12.4. The van der Waals surface area contributed by atoms with Crippen LogP contribution < -0.4 is 0 Å². The molecule has 0 aromatic carbocycles. The molecule has 21 heavy (non-hydrogen) atoms. The topological polar surface area (TPSA) is 59.0 Å². The third-order valence-corrected chi connectivity index (χ3v) is 4.04. The standard InChI is InChI=1S/C16H23NO4/c1-6-8-9-17-13(12-10-20-15(4,5)21-12)16(19,14(17)18)11(3)7-2/h6-7,12-13,19H,1-3,8-10H2,4-5H3/t12-,13+,16-/m1/s1. The molecule has 0 unspecified atom stereocenters. The van der Waals surface area contributed by atoms with E-state index in [2.05, 4.69) is 19.7 Å². The van der Waals surface area contributed by atoms with Gasteiger partial charge in [0, 0.05) is 6.54 Å². The Kier molecular flexibility index (Phi) is 4.10. The average molecular weight is 293 g/mol. The molecule has 0 saturated carbocycles. The fourth-order valence-corrected chi connectivity index (χ4v) is 2.93. The molecule has 3 atom stereocenters. The van der Waals surface area contributed by atoms with E-state index in [0.717, 1.165) is 0 Å². The number of nitrogens with zero attached hydrogens (tertiary/aromatic N) is 1. The third-order valence-electron chi connectivity index (χ3n) is 4.04. The molecule has 5 heteroatoms. The molecule has 116 valence electrons. The van der Waals surface area contributed by atoms with Gasteiger partial charge < -0.3 is 19.5 Å². The minimum atomic E-state index is -1.66.